The Bertz CT molecular complexity index is 585. The molecule has 0 amide bonds. The van der Waals surface area contributed by atoms with Crippen molar-refractivity contribution in [1.29, 1.82) is 0 Å². The van der Waals surface area contributed by atoms with E-state index in [1.807, 2.05) is 62.3 Å². The third kappa shape index (κ3) is 19.8. The summed E-state index contributed by atoms with van der Waals surface area (Å²) in [4.78, 5) is 25.2. The Morgan fingerprint density at radius 1 is 0.839 bits per heavy atom. The molecule has 7 nitrogen and oxygen atoms in total. The summed E-state index contributed by atoms with van der Waals surface area (Å²) in [6.07, 6.45) is 0. The number of nitrogens with one attached hydrogen (secondary N) is 1. The van der Waals surface area contributed by atoms with Crippen LogP contribution in [0.5, 0.6) is 0 Å². The third-order valence-corrected chi connectivity index (χ3v) is 4.37. The molecule has 0 spiro atoms. The predicted molar refractivity (Wildman–Crippen MR) is 133 cm³/mol. The van der Waals surface area contributed by atoms with Gasteiger partial charge >= 0.3 is 0 Å². The lowest BCUT2D eigenvalue weighted by Crippen LogP contribution is -2.31. The van der Waals surface area contributed by atoms with Crippen LogP contribution in [0.3, 0.4) is 0 Å². The Kier molecular flexibility index (Phi) is 14.7. The molecule has 0 atom stereocenters. The van der Waals surface area contributed by atoms with Gasteiger partial charge in [-0.15, -0.1) is 0 Å². The van der Waals surface area contributed by atoms with Crippen molar-refractivity contribution < 1.29 is 14.8 Å². The van der Waals surface area contributed by atoms with Crippen molar-refractivity contribution in [3.8, 4) is 0 Å². The van der Waals surface area contributed by atoms with Gasteiger partial charge < -0.3 is 16.3 Å². The summed E-state index contributed by atoms with van der Waals surface area (Å²) in [6, 6.07) is 0. The molecule has 0 radical (unpaired) electrons. The molecule has 7 heteroatoms. The number of oxime groups is 1. The molecule has 0 saturated carbocycles. The molecule has 0 unspecified atom stereocenters. The number of carbonyl (C=O) groups excluding carboxylic acids is 2. The van der Waals surface area contributed by atoms with Crippen LogP contribution in [0.1, 0.15) is 96.9 Å². The van der Waals surface area contributed by atoms with E-state index in [1.54, 1.807) is 13.8 Å². The summed E-state index contributed by atoms with van der Waals surface area (Å²) in [5.74, 6) is 1.90. The number of carbonyl (C=O) groups is 2. The van der Waals surface area contributed by atoms with Gasteiger partial charge in [-0.1, -0.05) is 88.2 Å². The van der Waals surface area contributed by atoms with Crippen LogP contribution < -0.4 is 11.1 Å². The standard InChI is InChI=1S/C7H14N2.2C6H12O.C5H12N2O/c1-7(2,3)6-8-4-5-9-6;2*1-5(7)6(2,3)4;1-5(2,3)4(6)7-8/h4-5H2,1-3H3,(H,8,9);2*1-4H3;8H,1-3H3,(H2,6,7). The zero-order chi connectivity index (χ0) is 25.8. The van der Waals surface area contributed by atoms with Crippen LogP contribution in [-0.4, -0.2) is 41.5 Å². The number of Topliss-reactive ketones (excluding diaryl/α,β-unsaturated/α-hetero) is 2. The van der Waals surface area contributed by atoms with Crippen molar-refractivity contribution in [3.05, 3.63) is 0 Å². The highest BCUT2D eigenvalue weighted by molar-refractivity contribution is 5.88. The van der Waals surface area contributed by atoms with Gasteiger partial charge in [0.2, 0.25) is 0 Å². The number of amidine groups is 2. The van der Waals surface area contributed by atoms with Gasteiger partial charge in [0.1, 0.15) is 23.2 Å². The Hall–Kier alpha value is -1.92. The fourth-order valence-electron chi connectivity index (χ4n) is 1.05. The van der Waals surface area contributed by atoms with Gasteiger partial charge in [0.25, 0.3) is 0 Å². The summed E-state index contributed by atoms with van der Waals surface area (Å²) in [6.45, 7) is 28.8. The largest absolute Gasteiger partial charge is 0.409 e. The van der Waals surface area contributed by atoms with Crippen LogP contribution in [0, 0.1) is 21.7 Å². The van der Waals surface area contributed by atoms with Crippen molar-refractivity contribution in [2.75, 3.05) is 13.1 Å². The van der Waals surface area contributed by atoms with Crippen LogP contribution in [-0.2, 0) is 9.59 Å². The molecule has 1 rings (SSSR count). The molecule has 1 aliphatic heterocycles. The van der Waals surface area contributed by atoms with Gasteiger partial charge in [0.15, 0.2) is 0 Å². The van der Waals surface area contributed by atoms with Crippen LogP contribution in [0.25, 0.3) is 0 Å². The first kappa shape index (κ1) is 33.7. The van der Waals surface area contributed by atoms with Crippen LogP contribution >= 0.6 is 0 Å². The Labute approximate surface area is 191 Å². The number of nitrogens with zero attached hydrogens (tertiary/aromatic N) is 2. The molecule has 0 aromatic rings. The van der Waals surface area contributed by atoms with E-state index >= 15 is 0 Å². The first-order valence-electron chi connectivity index (χ1n) is 10.8. The molecule has 0 aromatic heterocycles. The molecule has 0 saturated heterocycles. The van der Waals surface area contributed by atoms with Crippen LogP contribution in [0.2, 0.25) is 0 Å². The first-order chi connectivity index (χ1) is 13.5. The molecule has 0 aromatic carbocycles. The molecule has 0 fully saturated rings. The molecular formula is C24H50N4O3. The quantitative estimate of drug-likeness (QED) is 0.210. The second-order valence-electron chi connectivity index (χ2n) is 11.8. The Balaban J connectivity index is -0.000000340. The fraction of sp³-hybridized carbons (Fsp3) is 0.833. The summed E-state index contributed by atoms with van der Waals surface area (Å²) < 4.78 is 0. The second-order valence-corrected chi connectivity index (χ2v) is 11.8. The smallest absolute Gasteiger partial charge is 0.144 e. The maximum Gasteiger partial charge on any atom is 0.144 e. The first-order valence-corrected chi connectivity index (χ1v) is 10.8. The lowest BCUT2D eigenvalue weighted by molar-refractivity contribution is -0.124. The van der Waals surface area contributed by atoms with Crippen molar-refractivity contribution in [1.82, 2.24) is 5.32 Å². The molecule has 1 heterocycles. The normalized spacial score (nSPS) is 14.4. The number of ketones is 2. The van der Waals surface area contributed by atoms with E-state index in [9.17, 15) is 9.59 Å². The van der Waals surface area contributed by atoms with Crippen molar-refractivity contribution >= 4 is 23.2 Å². The lowest BCUT2D eigenvalue weighted by atomic mass is 9.92. The Morgan fingerprint density at radius 2 is 1.16 bits per heavy atom. The third-order valence-electron chi connectivity index (χ3n) is 4.37. The highest BCUT2D eigenvalue weighted by Crippen LogP contribution is 2.16. The summed E-state index contributed by atoms with van der Waals surface area (Å²) in [5, 5.41) is 14.2. The van der Waals surface area contributed by atoms with Gasteiger partial charge in [0.05, 0.1) is 6.54 Å². The SMILES string of the molecule is CC(=O)C(C)(C)C.CC(=O)C(C)(C)C.CC(C)(C)C(N)=NO.CC(C)(C)C1=NCCN1. The van der Waals surface area contributed by atoms with Gasteiger partial charge in [-0.3, -0.25) is 14.6 Å². The van der Waals surface area contributed by atoms with E-state index in [0.29, 0.717) is 0 Å². The highest BCUT2D eigenvalue weighted by Gasteiger charge is 2.20. The average molecular weight is 443 g/mol. The Morgan fingerprint density at radius 3 is 1.23 bits per heavy atom. The van der Waals surface area contributed by atoms with E-state index in [1.165, 1.54) is 0 Å². The summed E-state index contributed by atoms with van der Waals surface area (Å²) in [5.41, 5.74) is 4.98. The molecule has 184 valence electrons. The van der Waals surface area contributed by atoms with Crippen molar-refractivity contribution in [3.63, 3.8) is 0 Å². The van der Waals surface area contributed by atoms with Gasteiger partial charge in [-0.05, 0) is 13.8 Å². The van der Waals surface area contributed by atoms with Gasteiger partial charge in [0, 0.05) is 28.2 Å². The second kappa shape index (κ2) is 13.5. The van der Waals surface area contributed by atoms with E-state index in [2.05, 4.69) is 36.2 Å². The van der Waals surface area contributed by atoms with Crippen LogP contribution in [0.4, 0.5) is 0 Å². The topological polar surface area (TPSA) is 117 Å². The molecule has 0 aliphatic carbocycles. The number of rotatable bonds is 0. The minimum atomic E-state index is -0.214. The fourth-order valence-corrected chi connectivity index (χ4v) is 1.05. The number of aliphatic imine (C=N–C) groups is 1. The number of nitrogens with two attached hydrogens (primary N) is 1. The van der Waals surface area contributed by atoms with E-state index in [4.69, 9.17) is 10.9 Å². The maximum atomic E-state index is 10.5. The minimum absolute atomic E-state index is 0.139. The highest BCUT2D eigenvalue weighted by atomic mass is 16.4. The number of hydrogen-bond acceptors (Lipinski definition) is 6. The van der Waals surface area contributed by atoms with Gasteiger partial charge in [-0.25, -0.2) is 0 Å². The molecule has 1 aliphatic rings. The summed E-state index contributed by atoms with van der Waals surface area (Å²) >= 11 is 0. The molecule has 4 N–H and O–H groups in total. The molecule has 0 bridgehead atoms. The van der Waals surface area contributed by atoms with Crippen LogP contribution in [0.15, 0.2) is 10.1 Å². The van der Waals surface area contributed by atoms with E-state index in [-0.39, 0.29) is 39.1 Å². The maximum absolute atomic E-state index is 10.5. The lowest BCUT2D eigenvalue weighted by Gasteiger charge is -2.18. The number of hydrogen-bond donors (Lipinski definition) is 3. The monoisotopic (exact) mass is 442 g/mol. The molecule has 31 heavy (non-hydrogen) atoms. The van der Waals surface area contributed by atoms with E-state index < -0.39 is 0 Å². The predicted octanol–water partition coefficient (Wildman–Crippen LogP) is 5.06. The zero-order valence-electron chi connectivity index (χ0n) is 22.6. The minimum Gasteiger partial charge on any atom is -0.409 e. The van der Waals surface area contributed by atoms with Gasteiger partial charge in [-0.2, -0.15) is 0 Å². The zero-order valence-corrected chi connectivity index (χ0v) is 22.6. The molecular weight excluding hydrogens is 392 g/mol. The van der Waals surface area contributed by atoms with Crippen molar-refractivity contribution in [2.24, 2.45) is 37.5 Å². The van der Waals surface area contributed by atoms with Crippen molar-refractivity contribution in [2.45, 2.75) is 96.9 Å². The average Bonchev–Trinajstić information content (AvgIpc) is 3.07. The van der Waals surface area contributed by atoms with E-state index in [0.717, 1.165) is 18.9 Å². The summed E-state index contributed by atoms with van der Waals surface area (Å²) in [7, 11) is 0.